The zero-order chi connectivity index (χ0) is 20.9. The van der Waals surface area contributed by atoms with Gasteiger partial charge in [0.25, 0.3) is 0 Å². The van der Waals surface area contributed by atoms with Crippen molar-refractivity contribution in [3.63, 3.8) is 0 Å². The van der Waals surface area contributed by atoms with Crippen molar-refractivity contribution in [2.45, 2.75) is 18.8 Å². The number of carbonyl (C=O) groups is 2. The minimum absolute atomic E-state index is 0.0829. The molecule has 1 aliphatic heterocycles. The molecular formula is C26H18N2O2S. The Morgan fingerprint density at radius 3 is 1.81 bits per heavy atom. The molecule has 2 atom stereocenters. The Hall–Kier alpha value is -3.31. The first kappa shape index (κ1) is 17.4. The highest BCUT2D eigenvalue weighted by Crippen LogP contribution is 2.61. The molecule has 3 aliphatic carbocycles. The summed E-state index contributed by atoms with van der Waals surface area (Å²) in [7, 11) is 0. The lowest BCUT2D eigenvalue weighted by molar-refractivity contribution is -0.122. The van der Waals surface area contributed by atoms with Gasteiger partial charge in [-0.2, -0.15) is 0 Å². The first-order chi connectivity index (χ1) is 15.1. The maximum Gasteiger partial charge on any atom is 0.240 e. The largest absolute Gasteiger partial charge is 0.274 e. The molecule has 2 heterocycles. The van der Waals surface area contributed by atoms with E-state index in [0.717, 1.165) is 15.8 Å². The molecule has 31 heavy (non-hydrogen) atoms. The van der Waals surface area contributed by atoms with Crippen LogP contribution in [0.3, 0.4) is 0 Å². The summed E-state index contributed by atoms with van der Waals surface area (Å²) in [6.45, 7) is 2.03. The molecule has 4 aromatic rings. The Balaban J connectivity index is 1.42. The van der Waals surface area contributed by atoms with Crippen molar-refractivity contribution >= 4 is 38.5 Å². The van der Waals surface area contributed by atoms with E-state index >= 15 is 0 Å². The summed E-state index contributed by atoms with van der Waals surface area (Å²) in [6.07, 6.45) is 0. The lowest BCUT2D eigenvalue weighted by atomic mass is 9.55. The number of fused-ring (bicyclic) bond motifs is 1. The molecule has 2 bridgehead atoms. The second-order valence-electron chi connectivity index (χ2n) is 8.74. The number of nitrogens with zero attached hydrogens (tertiary/aromatic N) is 2. The maximum absolute atomic E-state index is 13.8. The molecule has 1 aromatic heterocycles. The average molecular weight is 423 g/mol. The number of benzene rings is 3. The van der Waals surface area contributed by atoms with Gasteiger partial charge < -0.3 is 0 Å². The van der Waals surface area contributed by atoms with E-state index in [9.17, 15) is 9.59 Å². The second kappa shape index (κ2) is 5.89. The molecule has 1 fully saturated rings. The predicted octanol–water partition coefficient (Wildman–Crippen LogP) is 5.00. The fourth-order valence-electron chi connectivity index (χ4n) is 5.98. The van der Waals surface area contributed by atoms with E-state index in [2.05, 4.69) is 35.3 Å². The summed E-state index contributed by atoms with van der Waals surface area (Å²) in [6, 6.07) is 22.7. The van der Waals surface area contributed by atoms with E-state index in [4.69, 9.17) is 0 Å². The Labute approximate surface area is 183 Å². The van der Waals surface area contributed by atoms with Crippen LogP contribution in [0.1, 0.15) is 39.7 Å². The number of aryl methyl sites for hydroxylation is 1. The number of carbonyl (C=O) groups excluding carboxylic acids is 2. The topological polar surface area (TPSA) is 50.3 Å². The highest BCUT2D eigenvalue weighted by Gasteiger charge is 2.62. The average Bonchev–Trinajstić information content (AvgIpc) is 3.31. The van der Waals surface area contributed by atoms with Gasteiger partial charge in [0.05, 0.1) is 22.1 Å². The molecule has 0 radical (unpaired) electrons. The van der Waals surface area contributed by atoms with Gasteiger partial charge in [-0.15, -0.1) is 0 Å². The van der Waals surface area contributed by atoms with Gasteiger partial charge in [-0.1, -0.05) is 65.9 Å². The quantitative estimate of drug-likeness (QED) is 0.406. The molecule has 4 nitrogen and oxygen atoms in total. The van der Waals surface area contributed by atoms with Crippen LogP contribution in [0.15, 0.2) is 66.7 Å². The normalized spacial score (nSPS) is 25.6. The standard InChI is InChI=1S/C26H18N2O2S/c1-13-10-11-18-19(12-13)31-26(27-18)28-24(29)22-20-14-6-2-3-7-15(14)21(23(22)25(28)30)17-9-5-4-8-16(17)20/h2-12,20-23H,1H3/t20?,21?,22-,23+. The lowest BCUT2D eigenvalue weighted by Gasteiger charge is -2.45. The Kier molecular flexibility index (Phi) is 3.30. The van der Waals surface area contributed by atoms with Crippen LogP contribution in [0.2, 0.25) is 0 Å². The first-order valence-corrected chi connectivity index (χ1v) is 11.4. The number of rotatable bonds is 1. The lowest BCUT2D eigenvalue weighted by Crippen LogP contribution is -2.41. The van der Waals surface area contributed by atoms with Crippen molar-refractivity contribution < 1.29 is 9.59 Å². The third-order valence-electron chi connectivity index (χ3n) is 7.17. The second-order valence-corrected chi connectivity index (χ2v) is 9.75. The Morgan fingerprint density at radius 2 is 1.29 bits per heavy atom. The van der Waals surface area contributed by atoms with Crippen LogP contribution in [0, 0.1) is 18.8 Å². The van der Waals surface area contributed by atoms with E-state index < -0.39 is 0 Å². The minimum Gasteiger partial charge on any atom is -0.274 e. The highest BCUT2D eigenvalue weighted by atomic mass is 32.1. The molecule has 5 heteroatoms. The molecule has 0 unspecified atom stereocenters. The molecule has 8 rings (SSSR count). The van der Waals surface area contributed by atoms with Gasteiger partial charge in [0.1, 0.15) is 0 Å². The van der Waals surface area contributed by atoms with E-state index in [1.165, 1.54) is 38.5 Å². The van der Waals surface area contributed by atoms with Crippen molar-refractivity contribution in [3.05, 3.63) is 94.5 Å². The number of aromatic nitrogens is 1. The number of hydrogen-bond acceptors (Lipinski definition) is 4. The van der Waals surface area contributed by atoms with Gasteiger partial charge in [-0.05, 0) is 46.9 Å². The molecule has 1 saturated heterocycles. The van der Waals surface area contributed by atoms with Crippen molar-refractivity contribution in [2.75, 3.05) is 4.90 Å². The van der Waals surface area contributed by atoms with Crippen LogP contribution >= 0.6 is 11.3 Å². The fourth-order valence-corrected chi connectivity index (χ4v) is 7.06. The molecule has 3 aromatic carbocycles. The zero-order valence-electron chi connectivity index (χ0n) is 16.8. The van der Waals surface area contributed by atoms with Crippen molar-refractivity contribution in [2.24, 2.45) is 11.8 Å². The van der Waals surface area contributed by atoms with Crippen LogP contribution in [-0.2, 0) is 9.59 Å². The van der Waals surface area contributed by atoms with Crippen LogP contribution in [0.25, 0.3) is 10.2 Å². The van der Waals surface area contributed by atoms with Crippen molar-refractivity contribution in [1.82, 2.24) is 4.98 Å². The minimum atomic E-state index is -0.365. The third kappa shape index (κ3) is 2.12. The van der Waals surface area contributed by atoms with E-state index in [-0.39, 0.29) is 35.5 Å². The Bertz CT molecular complexity index is 1320. The molecule has 0 saturated carbocycles. The smallest absolute Gasteiger partial charge is 0.240 e. The number of imide groups is 1. The van der Waals surface area contributed by atoms with Crippen LogP contribution < -0.4 is 4.90 Å². The van der Waals surface area contributed by atoms with Gasteiger partial charge >= 0.3 is 0 Å². The molecule has 4 aliphatic rings. The summed E-state index contributed by atoms with van der Waals surface area (Å²) >= 11 is 1.43. The maximum atomic E-state index is 13.8. The summed E-state index contributed by atoms with van der Waals surface area (Å²) in [4.78, 5) is 33.6. The number of hydrogen-bond donors (Lipinski definition) is 0. The Morgan fingerprint density at radius 1 is 0.774 bits per heavy atom. The molecule has 2 amide bonds. The predicted molar refractivity (Wildman–Crippen MR) is 120 cm³/mol. The van der Waals surface area contributed by atoms with Gasteiger partial charge in [-0.3, -0.25) is 9.59 Å². The van der Waals surface area contributed by atoms with Gasteiger partial charge in [0.15, 0.2) is 5.13 Å². The van der Waals surface area contributed by atoms with Gasteiger partial charge in [-0.25, -0.2) is 9.88 Å². The molecule has 0 spiro atoms. The molecule has 0 N–H and O–H groups in total. The van der Waals surface area contributed by atoms with Gasteiger partial charge in [0, 0.05) is 11.8 Å². The highest BCUT2D eigenvalue weighted by molar-refractivity contribution is 7.22. The van der Waals surface area contributed by atoms with Crippen LogP contribution in [-0.4, -0.2) is 16.8 Å². The SMILES string of the molecule is Cc1ccc2nc(N3C(=O)[C@@H]4C5c6ccccc6C(c6ccccc65)[C@@H]4C3=O)sc2c1. The molecule has 150 valence electrons. The zero-order valence-corrected chi connectivity index (χ0v) is 17.6. The summed E-state index contributed by atoms with van der Waals surface area (Å²) in [5.41, 5.74) is 6.73. The van der Waals surface area contributed by atoms with Crippen molar-refractivity contribution in [1.29, 1.82) is 0 Å². The van der Waals surface area contributed by atoms with E-state index in [1.54, 1.807) is 0 Å². The first-order valence-electron chi connectivity index (χ1n) is 10.6. The number of amides is 2. The third-order valence-corrected chi connectivity index (χ3v) is 8.18. The number of anilines is 1. The summed E-state index contributed by atoms with van der Waals surface area (Å²) in [5, 5.41) is 0.498. The number of thiazole rings is 1. The van der Waals surface area contributed by atoms with Crippen LogP contribution in [0.4, 0.5) is 5.13 Å². The van der Waals surface area contributed by atoms with Crippen LogP contribution in [0.5, 0.6) is 0 Å². The van der Waals surface area contributed by atoms with Crippen molar-refractivity contribution in [3.8, 4) is 0 Å². The molecular weight excluding hydrogens is 404 g/mol. The monoisotopic (exact) mass is 422 g/mol. The van der Waals surface area contributed by atoms with E-state index in [1.807, 2.05) is 43.3 Å². The van der Waals surface area contributed by atoms with Gasteiger partial charge in [0.2, 0.25) is 11.8 Å². The summed E-state index contributed by atoms with van der Waals surface area (Å²) in [5.74, 6) is -1.11. The van der Waals surface area contributed by atoms with E-state index in [0.29, 0.717) is 5.13 Å². The summed E-state index contributed by atoms with van der Waals surface area (Å²) < 4.78 is 1.00. The fraction of sp³-hybridized carbons (Fsp3) is 0.192.